The van der Waals surface area contributed by atoms with E-state index in [9.17, 15) is 8.42 Å². The van der Waals surface area contributed by atoms with Crippen molar-refractivity contribution in [2.24, 2.45) is 0 Å². The summed E-state index contributed by atoms with van der Waals surface area (Å²) in [6, 6.07) is 0.0738. The summed E-state index contributed by atoms with van der Waals surface area (Å²) in [5.74, 6) is 0. The molecule has 0 amide bonds. The lowest BCUT2D eigenvalue weighted by Gasteiger charge is -2.20. The molecule has 0 bridgehead atoms. The highest BCUT2D eigenvalue weighted by molar-refractivity contribution is 7.89. The molecule has 2 N–H and O–H groups in total. The van der Waals surface area contributed by atoms with Crippen molar-refractivity contribution in [1.29, 1.82) is 0 Å². The first-order valence-corrected chi connectivity index (χ1v) is 8.26. The van der Waals surface area contributed by atoms with Crippen LogP contribution in [-0.2, 0) is 16.6 Å². The third kappa shape index (κ3) is 2.98. The van der Waals surface area contributed by atoms with Crippen LogP contribution in [0.2, 0.25) is 0 Å². The zero-order chi connectivity index (χ0) is 13.9. The first-order chi connectivity index (χ1) is 9.07. The summed E-state index contributed by atoms with van der Waals surface area (Å²) >= 11 is 0. The van der Waals surface area contributed by atoms with Gasteiger partial charge in [-0.1, -0.05) is 6.92 Å². The molecule has 108 valence electrons. The van der Waals surface area contributed by atoms with Gasteiger partial charge in [0.15, 0.2) is 5.03 Å². The summed E-state index contributed by atoms with van der Waals surface area (Å²) in [7, 11) is -3.44. The van der Waals surface area contributed by atoms with Gasteiger partial charge in [0.25, 0.3) is 10.0 Å². The molecule has 1 saturated heterocycles. The summed E-state index contributed by atoms with van der Waals surface area (Å²) in [5, 5.41) is 9.99. The summed E-state index contributed by atoms with van der Waals surface area (Å²) in [6.07, 6.45) is 4.47. The molecule has 0 aliphatic carbocycles. The summed E-state index contributed by atoms with van der Waals surface area (Å²) in [4.78, 5) is 0. The van der Waals surface area contributed by atoms with E-state index in [4.69, 9.17) is 0 Å². The fourth-order valence-corrected chi connectivity index (χ4v) is 4.24. The largest absolute Gasteiger partial charge is 0.313 e. The Morgan fingerprint density at radius 3 is 3.00 bits per heavy atom. The maximum Gasteiger partial charge on any atom is 0.260 e. The first kappa shape index (κ1) is 14.5. The average Bonchev–Trinajstić information content (AvgIpc) is 2.98. The van der Waals surface area contributed by atoms with Crippen molar-refractivity contribution in [3.05, 3.63) is 11.8 Å². The maximum absolute atomic E-state index is 12.6. The van der Waals surface area contributed by atoms with Crippen LogP contribution in [0.25, 0.3) is 0 Å². The lowest BCUT2D eigenvalue weighted by Crippen LogP contribution is -2.34. The summed E-state index contributed by atoms with van der Waals surface area (Å²) in [5.41, 5.74) is 0.715. The number of nitrogens with one attached hydrogen (secondary N) is 2. The van der Waals surface area contributed by atoms with Gasteiger partial charge in [0.2, 0.25) is 0 Å². The second kappa shape index (κ2) is 6.02. The molecule has 2 heterocycles. The molecule has 1 aromatic rings. The minimum absolute atomic E-state index is 0.0738. The molecule has 0 saturated carbocycles. The van der Waals surface area contributed by atoms with Crippen LogP contribution in [0, 0.1) is 0 Å². The van der Waals surface area contributed by atoms with Gasteiger partial charge in [-0.05, 0) is 32.7 Å². The van der Waals surface area contributed by atoms with Crippen LogP contribution in [0.5, 0.6) is 0 Å². The lowest BCUT2D eigenvalue weighted by molar-refractivity contribution is 0.405. The summed E-state index contributed by atoms with van der Waals surface area (Å²) < 4.78 is 26.7. The highest BCUT2D eigenvalue weighted by Gasteiger charge is 2.34. The van der Waals surface area contributed by atoms with Crippen molar-refractivity contribution in [3.8, 4) is 0 Å². The van der Waals surface area contributed by atoms with Crippen molar-refractivity contribution in [2.45, 2.75) is 50.7 Å². The molecular weight excluding hydrogens is 264 g/mol. The van der Waals surface area contributed by atoms with Crippen LogP contribution in [0.3, 0.4) is 0 Å². The van der Waals surface area contributed by atoms with E-state index >= 15 is 0 Å². The van der Waals surface area contributed by atoms with Gasteiger partial charge in [-0.3, -0.25) is 5.10 Å². The van der Waals surface area contributed by atoms with E-state index in [1.54, 1.807) is 10.5 Å². The number of nitrogens with zero attached hydrogens (tertiary/aromatic N) is 2. The van der Waals surface area contributed by atoms with Gasteiger partial charge < -0.3 is 5.32 Å². The number of hydrogen-bond acceptors (Lipinski definition) is 4. The Morgan fingerprint density at radius 1 is 1.58 bits per heavy atom. The van der Waals surface area contributed by atoms with Gasteiger partial charge in [0.05, 0.1) is 6.20 Å². The molecule has 1 unspecified atom stereocenters. The van der Waals surface area contributed by atoms with Crippen molar-refractivity contribution in [2.75, 3.05) is 13.1 Å². The zero-order valence-corrected chi connectivity index (χ0v) is 12.3. The van der Waals surface area contributed by atoms with Gasteiger partial charge in [-0.25, -0.2) is 8.42 Å². The third-order valence-corrected chi connectivity index (χ3v) is 5.51. The normalized spacial score (nSPS) is 21.1. The molecule has 2 rings (SSSR count). The number of hydrogen-bond donors (Lipinski definition) is 2. The number of aromatic amines is 1. The predicted octanol–water partition coefficient (Wildman–Crippen LogP) is 1.08. The zero-order valence-electron chi connectivity index (χ0n) is 11.5. The van der Waals surface area contributed by atoms with Crippen LogP contribution >= 0.6 is 0 Å². The molecule has 0 aromatic carbocycles. The Morgan fingerprint density at radius 2 is 2.37 bits per heavy atom. The lowest BCUT2D eigenvalue weighted by atomic mass is 10.3. The molecule has 0 radical (unpaired) electrons. The SMILES string of the molecule is CCCNCc1cn[nH]c1S(=O)(=O)N1CCCC1C. The quantitative estimate of drug-likeness (QED) is 0.767. The Kier molecular flexibility index (Phi) is 4.59. The van der Waals surface area contributed by atoms with E-state index in [1.807, 2.05) is 6.92 Å². The highest BCUT2D eigenvalue weighted by atomic mass is 32.2. The number of H-pyrrole nitrogens is 1. The second-order valence-electron chi connectivity index (χ2n) is 5.01. The first-order valence-electron chi connectivity index (χ1n) is 6.82. The molecule has 6 nitrogen and oxygen atoms in total. The number of sulfonamides is 1. The standard InChI is InChI=1S/C12H22N4O2S/c1-3-6-13-8-11-9-14-15-12(11)19(17,18)16-7-4-5-10(16)2/h9-10,13H,3-8H2,1-2H3,(H,14,15). The minimum atomic E-state index is -3.44. The van der Waals surface area contributed by atoms with Gasteiger partial charge >= 0.3 is 0 Å². The minimum Gasteiger partial charge on any atom is -0.313 e. The Balaban J connectivity index is 2.18. The van der Waals surface area contributed by atoms with Crippen molar-refractivity contribution < 1.29 is 8.42 Å². The fraction of sp³-hybridized carbons (Fsp3) is 0.750. The number of rotatable bonds is 6. The van der Waals surface area contributed by atoms with E-state index in [2.05, 4.69) is 22.4 Å². The van der Waals surface area contributed by atoms with Crippen molar-refractivity contribution in [3.63, 3.8) is 0 Å². The smallest absolute Gasteiger partial charge is 0.260 e. The Bertz CT molecular complexity index is 512. The molecule has 19 heavy (non-hydrogen) atoms. The molecule has 1 atom stereocenters. The molecule has 1 fully saturated rings. The second-order valence-corrected chi connectivity index (χ2v) is 6.84. The van der Waals surface area contributed by atoms with Gasteiger partial charge in [0, 0.05) is 24.7 Å². The molecule has 1 aliphatic heterocycles. The van der Waals surface area contributed by atoms with E-state index in [0.29, 0.717) is 18.7 Å². The molecule has 0 spiro atoms. The molecular formula is C12H22N4O2S. The average molecular weight is 286 g/mol. The van der Waals surface area contributed by atoms with Gasteiger partial charge in [-0.15, -0.1) is 0 Å². The number of aromatic nitrogens is 2. The Labute approximate surface area is 114 Å². The van der Waals surface area contributed by atoms with Gasteiger partial charge in [-0.2, -0.15) is 9.40 Å². The Hall–Kier alpha value is -0.920. The maximum atomic E-state index is 12.6. The third-order valence-electron chi connectivity index (χ3n) is 3.48. The van der Waals surface area contributed by atoms with Crippen LogP contribution in [0.1, 0.15) is 38.7 Å². The van der Waals surface area contributed by atoms with Crippen LogP contribution in [-0.4, -0.2) is 42.1 Å². The van der Waals surface area contributed by atoms with Crippen LogP contribution in [0.4, 0.5) is 0 Å². The molecule has 7 heteroatoms. The van der Waals surface area contributed by atoms with Crippen molar-refractivity contribution in [1.82, 2.24) is 19.8 Å². The van der Waals surface area contributed by atoms with E-state index < -0.39 is 10.0 Å². The van der Waals surface area contributed by atoms with Crippen LogP contribution in [0.15, 0.2) is 11.2 Å². The predicted molar refractivity (Wildman–Crippen MR) is 73.2 cm³/mol. The topological polar surface area (TPSA) is 78.1 Å². The van der Waals surface area contributed by atoms with E-state index in [0.717, 1.165) is 25.8 Å². The van der Waals surface area contributed by atoms with Gasteiger partial charge in [0.1, 0.15) is 0 Å². The fourth-order valence-electron chi connectivity index (χ4n) is 2.43. The summed E-state index contributed by atoms with van der Waals surface area (Å²) in [6.45, 7) is 6.03. The van der Waals surface area contributed by atoms with E-state index in [1.165, 1.54) is 0 Å². The monoisotopic (exact) mass is 286 g/mol. The molecule has 1 aliphatic rings. The van der Waals surface area contributed by atoms with Crippen molar-refractivity contribution >= 4 is 10.0 Å². The highest BCUT2D eigenvalue weighted by Crippen LogP contribution is 2.26. The van der Waals surface area contributed by atoms with Crippen LogP contribution < -0.4 is 5.32 Å². The van der Waals surface area contributed by atoms with E-state index in [-0.39, 0.29) is 11.1 Å². The molecule has 1 aromatic heterocycles.